The Balaban J connectivity index is 2.10. The number of rotatable bonds is 3. The number of benzene rings is 3. The molecule has 0 bridgehead atoms. The third-order valence-corrected chi connectivity index (χ3v) is 3.81. The van der Waals surface area contributed by atoms with Gasteiger partial charge in [0.15, 0.2) is 0 Å². The molecule has 0 fully saturated rings. The summed E-state index contributed by atoms with van der Waals surface area (Å²) in [6.45, 7) is 0. The lowest BCUT2D eigenvalue weighted by Crippen LogP contribution is -2.09. The number of ether oxygens (including phenoxy) is 1. The smallest absolute Gasteiger partial charge is 0.146 e. The van der Waals surface area contributed by atoms with E-state index in [1.54, 1.807) is 18.2 Å². The molecule has 22 heavy (non-hydrogen) atoms. The zero-order valence-electron chi connectivity index (χ0n) is 12.5. The average Bonchev–Trinajstić information content (AvgIpc) is 2.50. The van der Waals surface area contributed by atoms with Gasteiger partial charge in [-0.05, 0) is 30.3 Å². The molecule has 0 aromatic heterocycles. The van der Waals surface area contributed by atoms with Gasteiger partial charge < -0.3 is 15.4 Å². The molecule has 0 unspecified atom stereocenters. The Bertz CT molecular complexity index is 830. The Labute approximate surface area is 134 Å². The monoisotopic (exact) mass is 312 g/mol. The molecule has 0 aliphatic carbocycles. The third kappa shape index (κ3) is 2.68. The van der Waals surface area contributed by atoms with E-state index in [-0.39, 0.29) is 0 Å². The van der Waals surface area contributed by atoms with E-state index in [4.69, 9.17) is 22.1 Å². The van der Waals surface area contributed by atoms with Crippen molar-refractivity contribution in [3.63, 3.8) is 0 Å². The van der Waals surface area contributed by atoms with Crippen LogP contribution in [0.4, 0.5) is 11.4 Å². The lowest BCUT2D eigenvalue weighted by molar-refractivity contribution is 0.488. The number of nitrogen functional groups attached to an aromatic ring is 1. The summed E-state index contributed by atoms with van der Waals surface area (Å²) in [5, 5.41) is 2.68. The van der Waals surface area contributed by atoms with Gasteiger partial charge in [-0.15, -0.1) is 0 Å². The number of halogens is 1. The molecule has 2 N–H and O–H groups in total. The molecule has 3 nitrogen and oxygen atoms in total. The molecular formula is C18H17ClN2O. The van der Waals surface area contributed by atoms with Crippen molar-refractivity contribution in [1.82, 2.24) is 0 Å². The van der Waals surface area contributed by atoms with E-state index in [9.17, 15) is 0 Å². The minimum atomic E-state index is 0.501. The Morgan fingerprint density at radius 3 is 2.27 bits per heavy atom. The number of hydrogen-bond donors (Lipinski definition) is 1. The fourth-order valence-corrected chi connectivity index (χ4v) is 2.68. The van der Waals surface area contributed by atoms with Crippen LogP contribution in [0.5, 0.6) is 11.5 Å². The zero-order chi connectivity index (χ0) is 15.7. The fraction of sp³-hybridized carbons (Fsp3) is 0.111. The largest absolute Gasteiger partial charge is 0.455 e. The topological polar surface area (TPSA) is 38.5 Å². The van der Waals surface area contributed by atoms with E-state index >= 15 is 0 Å². The second-order valence-corrected chi connectivity index (χ2v) is 5.72. The van der Waals surface area contributed by atoms with Crippen LogP contribution in [0.2, 0.25) is 5.02 Å². The summed E-state index contributed by atoms with van der Waals surface area (Å²) in [5.74, 6) is 1.37. The Hall–Kier alpha value is -2.39. The van der Waals surface area contributed by atoms with Gasteiger partial charge in [-0.25, -0.2) is 0 Å². The zero-order valence-corrected chi connectivity index (χ0v) is 13.3. The quantitative estimate of drug-likeness (QED) is 0.697. The van der Waals surface area contributed by atoms with Crippen LogP contribution in [0.25, 0.3) is 10.8 Å². The summed E-state index contributed by atoms with van der Waals surface area (Å²) in [7, 11) is 4.05. The highest BCUT2D eigenvalue weighted by atomic mass is 35.5. The van der Waals surface area contributed by atoms with Crippen molar-refractivity contribution in [2.45, 2.75) is 0 Å². The molecule has 0 aliphatic rings. The van der Waals surface area contributed by atoms with E-state index in [0.717, 1.165) is 22.2 Å². The molecule has 0 saturated heterocycles. The van der Waals surface area contributed by atoms with Crippen LogP contribution in [0.3, 0.4) is 0 Å². The summed E-state index contributed by atoms with van der Waals surface area (Å²) in [6.07, 6.45) is 0. The molecule has 0 spiro atoms. The summed E-state index contributed by atoms with van der Waals surface area (Å²) in [6, 6.07) is 17.4. The Morgan fingerprint density at radius 1 is 0.909 bits per heavy atom. The Morgan fingerprint density at radius 2 is 1.59 bits per heavy atom. The van der Waals surface area contributed by atoms with E-state index < -0.39 is 0 Å². The summed E-state index contributed by atoms with van der Waals surface area (Å²) in [5.41, 5.74) is 7.48. The first kappa shape index (κ1) is 14.5. The number of fused-ring (bicyclic) bond motifs is 1. The maximum absolute atomic E-state index is 6.20. The van der Waals surface area contributed by atoms with Gasteiger partial charge >= 0.3 is 0 Å². The molecule has 0 aliphatic heterocycles. The van der Waals surface area contributed by atoms with E-state index in [0.29, 0.717) is 16.5 Å². The van der Waals surface area contributed by atoms with Gasteiger partial charge in [0.1, 0.15) is 11.5 Å². The van der Waals surface area contributed by atoms with Gasteiger partial charge in [0.2, 0.25) is 0 Å². The van der Waals surface area contributed by atoms with E-state index in [1.807, 2.05) is 44.4 Å². The van der Waals surface area contributed by atoms with Gasteiger partial charge in [-0.3, -0.25) is 0 Å². The van der Waals surface area contributed by atoms with Crippen LogP contribution in [0, 0.1) is 0 Å². The van der Waals surface area contributed by atoms with Crippen molar-refractivity contribution in [1.29, 1.82) is 0 Å². The molecule has 112 valence electrons. The van der Waals surface area contributed by atoms with Crippen LogP contribution in [-0.2, 0) is 0 Å². The number of nitrogens with two attached hydrogens (primary N) is 1. The summed E-state index contributed by atoms with van der Waals surface area (Å²) in [4.78, 5) is 2.09. The number of hydrogen-bond acceptors (Lipinski definition) is 3. The molecule has 0 amide bonds. The lowest BCUT2D eigenvalue weighted by atomic mass is 10.1. The fourth-order valence-electron chi connectivity index (χ4n) is 2.45. The molecule has 3 aromatic rings. The van der Waals surface area contributed by atoms with Gasteiger partial charge in [0.05, 0.1) is 5.02 Å². The summed E-state index contributed by atoms with van der Waals surface area (Å²) < 4.78 is 6.01. The van der Waals surface area contributed by atoms with Crippen LogP contribution >= 0.6 is 11.6 Å². The molecule has 0 radical (unpaired) electrons. The molecule has 3 rings (SSSR count). The average molecular weight is 313 g/mol. The molecule has 0 atom stereocenters. The van der Waals surface area contributed by atoms with Crippen molar-refractivity contribution >= 4 is 33.7 Å². The van der Waals surface area contributed by atoms with Crippen molar-refractivity contribution < 1.29 is 4.74 Å². The van der Waals surface area contributed by atoms with E-state index in [2.05, 4.69) is 11.0 Å². The third-order valence-electron chi connectivity index (χ3n) is 3.52. The molecule has 0 heterocycles. The molecule has 4 heteroatoms. The van der Waals surface area contributed by atoms with Gasteiger partial charge in [0, 0.05) is 36.2 Å². The predicted octanol–water partition coefficient (Wildman–Crippen LogP) is 4.93. The minimum absolute atomic E-state index is 0.501. The molecular weight excluding hydrogens is 296 g/mol. The lowest BCUT2D eigenvalue weighted by Gasteiger charge is -2.18. The number of nitrogens with zero attached hydrogens (tertiary/aromatic N) is 1. The van der Waals surface area contributed by atoms with Crippen LogP contribution in [-0.4, -0.2) is 14.1 Å². The van der Waals surface area contributed by atoms with Gasteiger partial charge in [-0.1, -0.05) is 35.9 Å². The summed E-state index contributed by atoms with van der Waals surface area (Å²) >= 11 is 6.20. The number of anilines is 2. The highest BCUT2D eigenvalue weighted by Crippen LogP contribution is 2.37. The van der Waals surface area contributed by atoms with Crippen molar-refractivity contribution in [2.75, 3.05) is 24.7 Å². The van der Waals surface area contributed by atoms with E-state index in [1.165, 1.54) is 0 Å². The second kappa shape index (κ2) is 5.78. The first-order valence-electron chi connectivity index (χ1n) is 6.98. The predicted molar refractivity (Wildman–Crippen MR) is 94.2 cm³/mol. The maximum Gasteiger partial charge on any atom is 0.146 e. The SMILES string of the molecule is CN(C)c1ccc(Oc2ccc(N)cc2Cl)c2ccccc12. The van der Waals surface area contributed by atoms with Crippen LogP contribution in [0.1, 0.15) is 0 Å². The molecule has 0 saturated carbocycles. The van der Waals surface area contributed by atoms with Crippen molar-refractivity contribution in [3.8, 4) is 11.5 Å². The van der Waals surface area contributed by atoms with Crippen molar-refractivity contribution in [2.24, 2.45) is 0 Å². The van der Waals surface area contributed by atoms with Gasteiger partial charge in [0.25, 0.3) is 0 Å². The first-order valence-corrected chi connectivity index (χ1v) is 7.36. The first-order chi connectivity index (χ1) is 10.6. The van der Waals surface area contributed by atoms with Crippen LogP contribution < -0.4 is 15.4 Å². The van der Waals surface area contributed by atoms with Crippen molar-refractivity contribution in [3.05, 3.63) is 59.6 Å². The van der Waals surface area contributed by atoms with Gasteiger partial charge in [-0.2, -0.15) is 0 Å². The highest BCUT2D eigenvalue weighted by Gasteiger charge is 2.10. The van der Waals surface area contributed by atoms with Crippen LogP contribution in [0.15, 0.2) is 54.6 Å². The Kier molecular flexibility index (Phi) is 3.82. The minimum Gasteiger partial charge on any atom is -0.455 e. The second-order valence-electron chi connectivity index (χ2n) is 5.31. The standard InChI is InChI=1S/C18H17ClN2O/c1-21(2)16-8-10-17(14-6-4-3-5-13(14)16)22-18-9-7-12(20)11-15(18)19/h3-11H,20H2,1-2H3. The molecule has 3 aromatic carbocycles. The maximum atomic E-state index is 6.20. The highest BCUT2D eigenvalue weighted by molar-refractivity contribution is 6.32. The normalized spacial score (nSPS) is 10.7.